The van der Waals surface area contributed by atoms with Crippen molar-refractivity contribution in [2.24, 2.45) is 0 Å². The van der Waals surface area contributed by atoms with Crippen LogP contribution in [0.2, 0.25) is 0 Å². The van der Waals surface area contributed by atoms with Gasteiger partial charge in [0, 0.05) is 20.4 Å². The molecule has 0 amide bonds. The fraction of sp³-hybridized carbons (Fsp3) is 0. The van der Waals surface area contributed by atoms with E-state index < -0.39 is 0 Å². The molecule has 0 saturated carbocycles. The van der Waals surface area contributed by atoms with Gasteiger partial charge in [-0.05, 0) is 0 Å². The van der Waals surface area contributed by atoms with Crippen LogP contribution in [0.1, 0.15) is 0 Å². The second kappa shape index (κ2) is 509. The van der Waals surface area contributed by atoms with Gasteiger partial charge < -0.3 is 28.1 Å². The smallest absolute Gasteiger partial charge is 0 e. The van der Waals surface area contributed by atoms with Crippen LogP contribution in [0.25, 0.3) is 0 Å². The van der Waals surface area contributed by atoms with Crippen molar-refractivity contribution in [3.8, 4) is 0 Å². The van der Waals surface area contributed by atoms with Crippen LogP contribution in [0.15, 0.2) is 0 Å². The predicted octanol–water partition coefficient (Wildman–Crippen LogP) is -0.102. The summed E-state index contributed by atoms with van der Waals surface area (Å²) in [6, 6.07) is 0. The molecule has 6 heavy (non-hydrogen) atoms. The van der Waals surface area contributed by atoms with Gasteiger partial charge in [0.2, 0.25) is 0 Å². The van der Waals surface area contributed by atoms with Gasteiger partial charge in [-0.2, -0.15) is 0 Å². The summed E-state index contributed by atoms with van der Waals surface area (Å²) in [5.74, 6) is 0. The van der Waals surface area contributed by atoms with Gasteiger partial charge in [0.05, 0.1) is 0 Å². The summed E-state index contributed by atoms with van der Waals surface area (Å²) in [6.07, 6.45) is 0. The molecule has 0 heterocycles. The molecule has 4 N–H and O–H groups in total. The monoisotopic (exact) mass is 269 g/mol. The van der Waals surface area contributed by atoms with E-state index in [1.54, 1.807) is 0 Å². The second-order valence-electron chi connectivity index (χ2n) is 0. The molecule has 0 aliphatic rings. The Labute approximate surface area is 49.2 Å². The van der Waals surface area contributed by atoms with Crippen LogP contribution in [0.3, 0.4) is 0 Å². The van der Waals surface area contributed by atoms with E-state index in [0.29, 0.717) is 0 Å². The molecule has 6 heteroatoms. The zero-order valence-electron chi connectivity index (χ0n) is 3.01. The Morgan fingerprint density at radius 1 is 0.500 bits per heavy atom. The number of hydrogen-bond acceptors (Lipinski definition) is 0. The van der Waals surface area contributed by atoms with E-state index in [0.717, 1.165) is 0 Å². The fourth-order valence-corrected chi connectivity index (χ4v) is 0. The van der Waals surface area contributed by atoms with Crippen molar-refractivity contribution in [2.45, 2.75) is 0 Å². The van der Waals surface area contributed by atoms with E-state index in [9.17, 15) is 0 Å². The van der Waals surface area contributed by atoms with E-state index in [-0.39, 0.29) is 48.5 Å². The third kappa shape index (κ3) is 250. The number of hydrogen-bond donors (Lipinski definition) is 1. The molecule has 47 valence electrons. The minimum atomic E-state index is 0. The van der Waals surface area contributed by atoms with Crippen molar-refractivity contribution in [1.82, 2.24) is 6.15 Å². The first kappa shape index (κ1) is 902. The number of rotatable bonds is 0. The first-order valence-corrected chi connectivity index (χ1v) is 0. The van der Waals surface area contributed by atoms with Crippen LogP contribution in [-0.4, -0.2) is 0 Å². The summed E-state index contributed by atoms with van der Waals surface area (Å²) >= 11 is 0. The average molecular weight is 268 g/mol. The van der Waals surface area contributed by atoms with Crippen LogP contribution in [0.5, 0.6) is 0 Å². The maximum absolute atomic E-state index is 0. The Bertz CT molecular complexity index is 7.51. The van der Waals surface area contributed by atoms with Gasteiger partial charge in [0.1, 0.15) is 0 Å². The molecule has 0 fully saturated rings. The first-order chi connectivity index (χ1) is 0. The zero-order chi connectivity index (χ0) is 0. The molecule has 0 unspecified atom stereocenters. The van der Waals surface area contributed by atoms with E-state index in [4.69, 9.17) is 0 Å². The Morgan fingerprint density at radius 2 is 0.500 bits per heavy atom. The Hall–Kier alpha value is 0.462. The minimum absolute atomic E-state index is 0. The quantitative estimate of drug-likeness (QED) is 0.624. The summed E-state index contributed by atoms with van der Waals surface area (Å²) in [4.78, 5) is 0. The van der Waals surface area contributed by atoms with E-state index in [1.165, 1.54) is 0 Å². The maximum atomic E-state index is 0. The van der Waals surface area contributed by atoms with Crippen LogP contribution < -0.4 is 6.15 Å². The summed E-state index contributed by atoms with van der Waals surface area (Å²) < 4.78 is 0. The number of quaternary nitrogens is 1. The summed E-state index contributed by atoms with van der Waals surface area (Å²) in [6.45, 7) is 0. The standard InChI is InChI=1S/H3N.4O.Re/h1H3;;;;;/q;4*-2;/p+1. The van der Waals surface area contributed by atoms with Crippen molar-refractivity contribution < 1.29 is 42.3 Å². The third-order valence-corrected chi connectivity index (χ3v) is 0. The molecule has 0 aliphatic heterocycles. The average Bonchev–Trinajstić information content (AvgIpc) is 0. The molecule has 0 rings (SSSR count). The van der Waals surface area contributed by atoms with Gasteiger partial charge in [0.25, 0.3) is 0 Å². The maximum Gasteiger partial charge on any atom is 0 e. The molecule has 0 saturated heterocycles. The Balaban J connectivity index is 0. The van der Waals surface area contributed by atoms with Crippen molar-refractivity contribution in [3.63, 3.8) is 0 Å². The summed E-state index contributed by atoms with van der Waals surface area (Å²) in [5.41, 5.74) is 0. The topological polar surface area (TPSA) is 150 Å². The molecule has 0 aromatic heterocycles. The van der Waals surface area contributed by atoms with Crippen molar-refractivity contribution in [2.75, 3.05) is 0 Å². The fourth-order valence-electron chi connectivity index (χ4n) is 0. The van der Waals surface area contributed by atoms with Crippen LogP contribution in [-0.2, 0) is 42.3 Å². The minimum Gasteiger partial charge on any atom is -2.00 e. The molecular formula is H4NO4Re-7. The van der Waals surface area contributed by atoms with Crippen LogP contribution in [0, 0.1) is 0 Å². The molecule has 1 radical (unpaired) electrons. The van der Waals surface area contributed by atoms with Crippen LogP contribution in [0.4, 0.5) is 0 Å². The second-order valence-corrected chi connectivity index (χ2v) is 0. The molecule has 0 spiro atoms. The van der Waals surface area contributed by atoms with Gasteiger partial charge in [-0.1, -0.05) is 0 Å². The largest absolute Gasteiger partial charge is 2.00 e. The summed E-state index contributed by atoms with van der Waals surface area (Å²) in [7, 11) is 0. The van der Waals surface area contributed by atoms with Gasteiger partial charge in [-0.25, -0.2) is 0 Å². The first-order valence-electron chi connectivity index (χ1n) is 0. The molecule has 0 aromatic carbocycles. The van der Waals surface area contributed by atoms with E-state index in [2.05, 4.69) is 0 Å². The molecule has 0 aliphatic carbocycles. The SMILES string of the molecule is [NH4+].[O-2].[O-2].[O-2].[O-2].[Re]. The molecular weight excluding hydrogens is 264 g/mol. The van der Waals surface area contributed by atoms with Crippen LogP contribution >= 0.6 is 0 Å². The van der Waals surface area contributed by atoms with E-state index in [1.807, 2.05) is 0 Å². The predicted molar refractivity (Wildman–Crippen MR) is 8.73 cm³/mol. The zero-order valence-corrected chi connectivity index (χ0v) is 5.73. The third-order valence-electron chi connectivity index (χ3n) is 0. The molecule has 0 aromatic rings. The molecule has 5 nitrogen and oxygen atoms in total. The van der Waals surface area contributed by atoms with Gasteiger partial charge in [-0.15, -0.1) is 0 Å². The van der Waals surface area contributed by atoms with Gasteiger partial charge in [-0.3, -0.25) is 0 Å². The van der Waals surface area contributed by atoms with Crippen molar-refractivity contribution in [1.29, 1.82) is 0 Å². The molecule has 0 atom stereocenters. The summed E-state index contributed by atoms with van der Waals surface area (Å²) in [5, 5.41) is 0. The van der Waals surface area contributed by atoms with Crippen molar-refractivity contribution in [3.05, 3.63) is 0 Å². The Kier molecular flexibility index (Phi) is 76500. The normalized spacial score (nSPS) is 0. The van der Waals surface area contributed by atoms with E-state index >= 15 is 0 Å². The Morgan fingerprint density at radius 3 is 0.500 bits per heavy atom. The molecule has 0 bridgehead atoms. The van der Waals surface area contributed by atoms with Gasteiger partial charge in [0.15, 0.2) is 0 Å². The van der Waals surface area contributed by atoms with Gasteiger partial charge >= 0.3 is 0 Å². The van der Waals surface area contributed by atoms with Crippen molar-refractivity contribution >= 4 is 0 Å².